The van der Waals surface area contributed by atoms with E-state index in [-0.39, 0.29) is 12.2 Å². The second-order valence-corrected chi connectivity index (χ2v) is 7.22. The van der Waals surface area contributed by atoms with Gasteiger partial charge in [-0.25, -0.2) is 15.0 Å². The SMILES string of the molecule is Cn1c(CNc2cccc(C(=O)NCc3cccc(C(F)(F)F)n3)c2)nnc1-c1ccncn1. The molecule has 4 aromatic rings. The number of carbonyl (C=O) groups excluding carboxylic acids is 1. The second kappa shape index (κ2) is 9.65. The zero-order chi connectivity index (χ0) is 24.1. The van der Waals surface area contributed by atoms with Gasteiger partial charge in [-0.3, -0.25) is 4.79 Å². The number of alkyl halides is 3. The Kier molecular flexibility index (Phi) is 6.48. The van der Waals surface area contributed by atoms with E-state index in [1.165, 1.54) is 18.5 Å². The molecule has 0 aliphatic rings. The molecule has 2 N–H and O–H groups in total. The predicted molar refractivity (Wildman–Crippen MR) is 116 cm³/mol. The van der Waals surface area contributed by atoms with Crippen molar-refractivity contribution in [3.05, 3.63) is 83.8 Å². The normalized spacial score (nSPS) is 11.3. The fraction of sp³-hybridized carbons (Fsp3) is 0.182. The lowest BCUT2D eigenvalue weighted by molar-refractivity contribution is -0.141. The number of amides is 1. The molecular formula is C22H19F3N8O. The Morgan fingerprint density at radius 2 is 1.88 bits per heavy atom. The van der Waals surface area contributed by atoms with Crippen molar-refractivity contribution in [3.8, 4) is 11.5 Å². The van der Waals surface area contributed by atoms with E-state index >= 15 is 0 Å². The molecule has 0 unspecified atom stereocenters. The van der Waals surface area contributed by atoms with Crippen LogP contribution in [0.1, 0.15) is 27.6 Å². The van der Waals surface area contributed by atoms with E-state index in [1.807, 2.05) is 7.05 Å². The average molecular weight is 468 g/mol. The maximum absolute atomic E-state index is 12.8. The van der Waals surface area contributed by atoms with E-state index in [2.05, 4.69) is 35.8 Å². The number of pyridine rings is 1. The molecule has 12 heteroatoms. The molecule has 9 nitrogen and oxygen atoms in total. The van der Waals surface area contributed by atoms with Gasteiger partial charge >= 0.3 is 6.18 Å². The van der Waals surface area contributed by atoms with Crippen LogP contribution in [0.15, 0.2) is 61.1 Å². The van der Waals surface area contributed by atoms with E-state index < -0.39 is 17.8 Å². The van der Waals surface area contributed by atoms with Gasteiger partial charge in [-0.2, -0.15) is 13.2 Å². The summed E-state index contributed by atoms with van der Waals surface area (Å²) in [6, 6.07) is 12.0. The first-order valence-corrected chi connectivity index (χ1v) is 10.1. The van der Waals surface area contributed by atoms with E-state index in [1.54, 1.807) is 41.1 Å². The zero-order valence-corrected chi connectivity index (χ0v) is 17.9. The Balaban J connectivity index is 1.38. The molecule has 174 valence electrons. The minimum atomic E-state index is -4.54. The number of aromatic nitrogens is 6. The van der Waals surface area contributed by atoms with E-state index in [9.17, 15) is 18.0 Å². The minimum Gasteiger partial charge on any atom is -0.378 e. The van der Waals surface area contributed by atoms with Crippen molar-refractivity contribution in [3.63, 3.8) is 0 Å². The predicted octanol–water partition coefficient (Wildman–Crippen LogP) is 3.23. The molecule has 0 bridgehead atoms. The van der Waals surface area contributed by atoms with Crippen LogP contribution in [0.3, 0.4) is 0 Å². The van der Waals surface area contributed by atoms with E-state index in [0.717, 1.165) is 6.07 Å². The van der Waals surface area contributed by atoms with Crippen molar-refractivity contribution < 1.29 is 18.0 Å². The summed E-state index contributed by atoms with van der Waals surface area (Å²) in [6.07, 6.45) is -1.49. The van der Waals surface area contributed by atoms with Gasteiger partial charge in [0.15, 0.2) is 11.6 Å². The maximum Gasteiger partial charge on any atom is 0.433 e. The number of hydrogen-bond acceptors (Lipinski definition) is 7. The topological polar surface area (TPSA) is 111 Å². The molecule has 0 atom stereocenters. The van der Waals surface area contributed by atoms with Gasteiger partial charge in [0, 0.05) is 24.5 Å². The number of nitrogens with zero attached hydrogens (tertiary/aromatic N) is 6. The Hall–Kier alpha value is -4.35. The zero-order valence-electron chi connectivity index (χ0n) is 17.9. The quantitative estimate of drug-likeness (QED) is 0.428. The highest BCUT2D eigenvalue weighted by molar-refractivity contribution is 5.95. The first-order valence-electron chi connectivity index (χ1n) is 10.1. The van der Waals surface area contributed by atoms with Crippen LogP contribution in [0.25, 0.3) is 11.5 Å². The highest BCUT2D eigenvalue weighted by Crippen LogP contribution is 2.27. The van der Waals surface area contributed by atoms with Gasteiger partial charge < -0.3 is 15.2 Å². The highest BCUT2D eigenvalue weighted by atomic mass is 19.4. The lowest BCUT2D eigenvalue weighted by Gasteiger charge is -2.10. The third-order valence-electron chi connectivity index (χ3n) is 4.88. The van der Waals surface area contributed by atoms with Crippen LogP contribution in [0.4, 0.5) is 18.9 Å². The van der Waals surface area contributed by atoms with Crippen LogP contribution in [0, 0.1) is 0 Å². The van der Waals surface area contributed by atoms with Crippen LogP contribution >= 0.6 is 0 Å². The van der Waals surface area contributed by atoms with Crippen molar-refractivity contribution in [2.24, 2.45) is 7.05 Å². The first-order chi connectivity index (χ1) is 16.3. The summed E-state index contributed by atoms with van der Waals surface area (Å²) in [5, 5.41) is 14.1. The summed E-state index contributed by atoms with van der Waals surface area (Å²) in [5.41, 5.74) is 0.759. The van der Waals surface area contributed by atoms with E-state index in [0.29, 0.717) is 35.1 Å². The summed E-state index contributed by atoms with van der Waals surface area (Å²) >= 11 is 0. The van der Waals surface area contributed by atoms with Crippen molar-refractivity contribution in [1.82, 2.24) is 35.0 Å². The van der Waals surface area contributed by atoms with Crippen LogP contribution in [-0.4, -0.2) is 35.6 Å². The maximum atomic E-state index is 12.8. The standard InChI is InChI=1S/C22H19F3N8O/c1-33-19(31-32-20(33)17-8-9-26-13-29-17)12-27-15-5-2-4-14(10-15)21(34)28-11-16-6-3-7-18(30-16)22(23,24)25/h2-10,13,27H,11-12H2,1H3,(H,28,34). The van der Waals surface area contributed by atoms with Gasteiger partial charge in [-0.05, 0) is 36.4 Å². The molecule has 0 spiro atoms. The molecular weight excluding hydrogens is 449 g/mol. The molecule has 0 fully saturated rings. The van der Waals surface area contributed by atoms with Crippen molar-refractivity contribution in [1.29, 1.82) is 0 Å². The van der Waals surface area contributed by atoms with Crippen LogP contribution < -0.4 is 10.6 Å². The number of hydrogen-bond donors (Lipinski definition) is 2. The summed E-state index contributed by atoms with van der Waals surface area (Å²) in [5.74, 6) is 0.808. The molecule has 1 amide bonds. The number of carbonyl (C=O) groups is 1. The molecule has 1 aromatic carbocycles. The van der Waals surface area contributed by atoms with Crippen molar-refractivity contribution >= 4 is 11.6 Å². The molecule has 3 heterocycles. The van der Waals surface area contributed by atoms with Gasteiger partial charge in [0.25, 0.3) is 5.91 Å². The van der Waals surface area contributed by atoms with Gasteiger partial charge in [0.2, 0.25) is 0 Å². The lowest BCUT2D eigenvalue weighted by Crippen LogP contribution is -2.24. The third kappa shape index (κ3) is 5.34. The number of nitrogens with one attached hydrogen (secondary N) is 2. The van der Waals surface area contributed by atoms with Gasteiger partial charge in [0.1, 0.15) is 17.7 Å². The van der Waals surface area contributed by atoms with Crippen LogP contribution in [-0.2, 0) is 26.3 Å². The molecule has 0 radical (unpaired) electrons. The Morgan fingerprint density at radius 1 is 1.06 bits per heavy atom. The first kappa shape index (κ1) is 22.8. The Bertz CT molecular complexity index is 1290. The number of anilines is 1. The van der Waals surface area contributed by atoms with Crippen LogP contribution in [0.5, 0.6) is 0 Å². The molecule has 0 aliphatic heterocycles. The third-order valence-corrected chi connectivity index (χ3v) is 4.88. The fourth-order valence-electron chi connectivity index (χ4n) is 3.12. The number of rotatable bonds is 7. The average Bonchev–Trinajstić information content (AvgIpc) is 3.21. The summed E-state index contributed by atoms with van der Waals surface area (Å²) in [4.78, 5) is 24.1. The summed E-state index contributed by atoms with van der Waals surface area (Å²) in [7, 11) is 1.82. The summed E-state index contributed by atoms with van der Waals surface area (Å²) < 4.78 is 40.2. The van der Waals surface area contributed by atoms with E-state index in [4.69, 9.17) is 0 Å². The van der Waals surface area contributed by atoms with Crippen molar-refractivity contribution in [2.45, 2.75) is 19.3 Å². The van der Waals surface area contributed by atoms with Gasteiger partial charge in [-0.1, -0.05) is 12.1 Å². The minimum absolute atomic E-state index is 0.110. The molecule has 0 saturated carbocycles. The Morgan fingerprint density at radius 3 is 2.65 bits per heavy atom. The molecule has 0 aliphatic carbocycles. The number of benzene rings is 1. The molecule has 0 saturated heterocycles. The van der Waals surface area contributed by atoms with Gasteiger partial charge in [-0.15, -0.1) is 10.2 Å². The smallest absolute Gasteiger partial charge is 0.378 e. The monoisotopic (exact) mass is 468 g/mol. The summed E-state index contributed by atoms with van der Waals surface area (Å²) in [6.45, 7) is 0.207. The van der Waals surface area contributed by atoms with Crippen molar-refractivity contribution in [2.75, 3.05) is 5.32 Å². The molecule has 3 aromatic heterocycles. The lowest BCUT2D eigenvalue weighted by atomic mass is 10.2. The molecule has 4 rings (SSSR count). The largest absolute Gasteiger partial charge is 0.433 e. The molecule has 34 heavy (non-hydrogen) atoms. The number of halogens is 3. The second-order valence-electron chi connectivity index (χ2n) is 7.22. The van der Waals surface area contributed by atoms with Gasteiger partial charge in [0.05, 0.1) is 18.8 Å². The fourth-order valence-corrected chi connectivity index (χ4v) is 3.12. The Labute approximate surface area is 192 Å². The van der Waals surface area contributed by atoms with Crippen LogP contribution in [0.2, 0.25) is 0 Å². The highest BCUT2D eigenvalue weighted by Gasteiger charge is 2.32.